The minimum absolute atomic E-state index is 0.306. The number of hydrogen-bond acceptors (Lipinski definition) is 2. The van der Waals surface area contributed by atoms with E-state index in [1.807, 2.05) is 25.1 Å². The molecule has 1 rings (SSSR count). The fourth-order valence-corrected chi connectivity index (χ4v) is 1.77. The summed E-state index contributed by atoms with van der Waals surface area (Å²) in [7, 11) is 0. The predicted molar refractivity (Wildman–Crippen MR) is 66.6 cm³/mol. The van der Waals surface area contributed by atoms with Gasteiger partial charge in [0.25, 0.3) is 0 Å². The Kier molecular flexibility index (Phi) is 4.89. The van der Waals surface area contributed by atoms with Gasteiger partial charge in [0.05, 0.1) is 0 Å². The van der Waals surface area contributed by atoms with Gasteiger partial charge in [0.1, 0.15) is 5.82 Å². The number of halogens is 1. The van der Waals surface area contributed by atoms with E-state index in [1.165, 1.54) is 0 Å². The third-order valence-electron chi connectivity index (χ3n) is 2.18. The monoisotopic (exact) mass is 226 g/mol. The summed E-state index contributed by atoms with van der Waals surface area (Å²) in [5.74, 6) is 2.18. The number of nitrogens with one attached hydrogen (secondary N) is 1. The van der Waals surface area contributed by atoms with Gasteiger partial charge in [-0.1, -0.05) is 19.9 Å². The van der Waals surface area contributed by atoms with Gasteiger partial charge in [-0.3, -0.25) is 0 Å². The highest BCUT2D eigenvalue weighted by Crippen LogP contribution is 2.12. The number of alkyl halides is 1. The van der Waals surface area contributed by atoms with Crippen LogP contribution in [0.3, 0.4) is 0 Å². The van der Waals surface area contributed by atoms with Crippen LogP contribution in [0.4, 0.5) is 5.82 Å². The Hall–Kier alpha value is -0.760. The third kappa shape index (κ3) is 4.52. The maximum atomic E-state index is 5.91. The Morgan fingerprint density at radius 3 is 2.67 bits per heavy atom. The zero-order valence-corrected chi connectivity index (χ0v) is 10.4. The molecular formula is C12H19ClN2. The first-order valence-corrected chi connectivity index (χ1v) is 5.91. The topological polar surface area (TPSA) is 24.9 Å². The van der Waals surface area contributed by atoms with Crippen molar-refractivity contribution in [2.24, 2.45) is 5.92 Å². The number of anilines is 1. The van der Waals surface area contributed by atoms with E-state index in [0.29, 0.717) is 17.8 Å². The summed E-state index contributed by atoms with van der Waals surface area (Å²) in [6.07, 6.45) is 1.07. The van der Waals surface area contributed by atoms with Gasteiger partial charge < -0.3 is 5.32 Å². The summed E-state index contributed by atoms with van der Waals surface area (Å²) in [5.41, 5.74) is 1.03. The average molecular weight is 227 g/mol. The molecule has 1 atom stereocenters. The smallest absolute Gasteiger partial charge is 0.126 e. The van der Waals surface area contributed by atoms with Crippen LogP contribution in [0.25, 0.3) is 0 Å². The first-order valence-electron chi connectivity index (χ1n) is 5.38. The molecule has 0 fully saturated rings. The fraction of sp³-hybridized carbons (Fsp3) is 0.583. The van der Waals surface area contributed by atoms with Crippen LogP contribution in [0.1, 0.15) is 26.0 Å². The van der Waals surface area contributed by atoms with Crippen LogP contribution in [0.15, 0.2) is 18.2 Å². The summed E-state index contributed by atoms with van der Waals surface area (Å²) in [6, 6.07) is 6.28. The van der Waals surface area contributed by atoms with Gasteiger partial charge in [-0.2, -0.15) is 0 Å². The van der Waals surface area contributed by atoms with Crippen molar-refractivity contribution < 1.29 is 0 Å². The highest BCUT2D eigenvalue weighted by Gasteiger charge is 2.09. The Labute approximate surface area is 97.1 Å². The molecule has 0 amide bonds. The largest absolute Gasteiger partial charge is 0.366 e. The maximum Gasteiger partial charge on any atom is 0.126 e. The van der Waals surface area contributed by atoms with E-state index >= 15 is 0 Å². The van der Waals surface area contributed by atoms with Crippen molar-refractivity contribution in [1.29, 1.82) is 0 Å². The summed E-state index contributed by atoms with van der Waals surface area (Å²) < 4.78 is 0. The molecule has 0 radical (unpaired) electrons. The summed E-state index contributed by atoms with van der Waals surface area (Å²) in [6.45, 7) is 6.39. The van der Waals surface area contributed by atoms with Crippen LogP contribution in [0, 0.1) is 12.8 Å². The van der Waals surface area contributed by atoms with Gasteiger partial charge >= 0.3 is 0 Å². The van der Waals surface area contributed by atoms with Crippen molar-refractivity contribution in [1.82, 2.24) is 4.98 Å². The Balaban J connectivity index is 2.58. The molecule has 15 heavy (non-hydrogen) atoms. The lowest BCUT2D eigenvalue weighted by molar-refractivity contribution is 0.541. The zero-order valence-electron chi connectivity index (χ0n) is 9.63. The van der Waals surface area contributed by atoms with Crippen LogP contribution < -0.4 is 5.32 Å². The van der Waals surface area contributed by atoms with E-state index in [1.54, 1.807) is 0 Å². The lowest BCUT2D eigenvalue weighted by Gasteiger charge is -2.18. The Morgan fingerprint density at radius 2 is 2.13 bits per heavy atom. The van der Waals surface area contributed by atoms with E-state index < -0.39 is 0 Å². The molecule has 1 aromatic rings. The molecule has 0 aromatic carbocycles. The normalized spacial score (nSPS) is 12.9. The molecule has 0 spiro atoms. The van der Waals surface area contributed by atoms with Crippen molar-refractivity contribution in [3.05, 3.63) is 23.9 Å². The SMILES string of the molecule is Cc1cccc(NC(CCl)CC(C)C)n1. The molecule has 0 bridgehead atoms. The minimum Gasteiger partial charge on any atom is -0.366 e. The van der Waals surface area contributed by atoms with Crippen molar-refractivity contribution in [3.63, 3.8) is 0 Å². The molecular weight excluding hydrogens is 208 g/mol. The molecule has 84 valence electrons. The molecule has 1 N–H and O–H groups in total. The quantitative estimate of drug-likeness (QED) is 0.778. The van der Waals surface area contributed by atoms with Crippen LogP contribution in [-0.4, -0.2) is 16.9 Å². The minimum atomic E-state index is 0.306. The Bertz CT molecular complexity index is 299. The first kappa shape index (κ1) is 12.3. The number of aromatic nitrogens is 1. The first-order chi connectivity index (χ1) is 7.11. The third-order valence-corrected chi connectivity index (χ3v) is 2.56. The molecule has 1 aromatic heterocycles. The van der Waals surface area contributed by atoms with Crippen LogP contribution in [0.2, 0.25) is 0 Å². The van der Waals surface area contributed by atoms with E-state index in [0.717, 1.165) is 17.9 Å². The highest BCUT2D eigenvalue weighted by atomic mass is 35.5. The number of rotatable bonds is 5. The summed E-state index contributed by atoms with van der Waals surface area (Å²) in [5, 5.41) is 3.36. The lowest BCUT2D eigenvalue weighted by Crippen LogP contribution is -2.23. The van der Waals surface area contributed by atoms with E-state index in [2.05, 4.69) is 24.1 Å². The molecule has 1 heterocycles. The second kappa shape index (κ2) is 5.96. The number of hydrogen-bond donors (Lipinski definition) is 1. The standard InChI is InChI=1S/C12H19ClN2/c1-9(2)7-11(8-13)15-12-6-4-5-10(3)14-12/h4-6,9,11H,7-8H2,1-3H3,(H,14,15). The van der Waals surface area contributed by atoms with Crippen LogP contribution >= 0.6 is 11.6 Å². The van der Waals surface area contributed by atoms with Gasteiger partial charge in [-0.15, -0.1) is 11.6 Å². The lowest BCUT2D eigenvalue weighted by atomic mass is 10.1. The van der Waals surface area contributed by atoms with Crippen LogP contribution in [0.5, 0.6) is 0 Å². The molecule has 0 aliphatic heterocycles. The van der Waals surface area contributed by atoms with Crippen molar-refractivity contribution in [2.45, 2.75) is 33.2 Å². The molecule has 0 saturated heterocycles. The van der Waals surface area contributed by atoms with Crippen molar-refractivity contribution >= 4 is 17.4 Å². The van der Waals surface area contributed by atoms with Gasteiger partial charge in [0.15, 0.2) is 0 Å². The number of aryl methyl sites for hydroxylation is 1. The second-order valence-electron chi connectivity index (χ2n) is 4.29. The van der Waals surface area contributed by atoms with E-state index in [9.17, 15) is 0 Å². The van der Waals surface area contributed by atoms with Crippen molar-refractivity contribution in [2.75, 3.05) is 11.2 Å². The summed E-state index contributed by atoms with van der Waals surface area (Å²) >= 11 is 5.91. The maximum absolute atomic E-state index is 5.91. The molecule has 0 aliphatic carbocycles. The van der Waals surface area contributed by atoms with Gasteiger partial charge in [-0.05, 0) is 31.4 Å². The average Bonchev–Trinajstić information content (AvgIpc) is 2.16. The van der Waals surface area contributed by atoms with Crippen molar-refractivity contribution in [3.8, 4) is 0 Å². The van der Waals surface area contributed by atoms with Gasteiger partial charge in [0.2, 0.25) is 0 Å². The number of nitrogens with zero attached hydrogens (tertiary/aromatic N) is 1. The zero-order chi connectivity index (χ0) is 11.3. The Morgan fingerprint density at radius 1 is 1.40 bits per heavy atom. The van der Waals surface area contributed by atoms with E-state index in [-0.39, 0.29) is 0 Å². The van der Waals surface area contributed by atoms with Gasteiger partial charge in [-0.25, -0.2) is 4.98 Å². The van der Waals surface area contributed by atoms with Gasteiger partial charge in [0, 0.05) is 17.6 Å². The second-order valence-corrected chi connectivity index (χ2v) is 4.60. The molecule has 2 nitrogen and oxygen atoms in total. The fourth-order valence-electron chi connectivity index (χ4n) is 1.56. The molecule has 0 saturated carbocycles. The highest BCUT2D eigenvalue weighted by molar-refractivity contribution is 6.18. The number of pyridine rings is 1. The molecule has 3 heteroatoms. The van der Waals surface area contributed by atoms with Crippen LogP contribution in [-0.2, 0) is 0 Å². The predicted octanol–water partition coefficient (Wildman–Crippen LogP) is 3.46. The summed E-state index contributed by atoms with van der Waals surface area (Å²) in [4.78, 5) is 4.40. The van der Waals surface area contributed by atoms with E-state index in [4.69, 9.17) is 11.6 Å². The molecule has 0 aliphatic rings. The molecule has 1 unspecified atom stereocenters.